The van der Waals surface area contributed by atoms with E-state index in [2.05, 4.69) is 10.1 Å². The highest BCUT2D eigenvalue weighted by atomic mass is 35.5. The van der Waals surface area contributed by atoms with Crippen molar-refractivity contribution in [2.75, 3.05) is 0 Å². The zero-order chi connectivity index (χ0) is 14.7. The molecule has 0 fully saturated rings. The normalized spacial score (nSPS) is 11.7. The van der Waals surface area contributed by atoms with Gasteiger partial charge in [-0.05, 0) is 24.6 Å². The van der Waals surface area contributed by atoms with Gasteiger partial charge in [0.25, 0.3) is 5.89 Å². The van der Waals surface area contributed by atoms with Gasteiger partial charge in [0.05, 0.1) is 15.6 Å². The van der Waals surface area contributed by atoms with Crippen molar-refractivity contribution in [3.8, 4) is 0 Å². The van der Waals surface area contributed by atoms with Crippen LogP contribution in [-0.4, -0.2) is 15.9 Å². The second-order valence-electron chi connectivity index (χ2n) is 4.13. The number of aromatic nitrogens is 2. The molecule has 0 aliphatic heterocycles. The second kappa shape index (κ2) is 6.20. The number of Topliss-reactive ketones (excluding diaryl/α,β-unsaturated/α-hetero) is 1. The lowest BCUT2D eigenvalue weighted by atomic mass is 10.1. The number of nitrogens with zero attached hydrogens (tertiary/aromatic N) is 2. The standard InChI is InChI=1S/C14H12Cl2N2O2/c1-3-12-17-14(20-18-12)10(8(2)19)7-9-5-4-6-11(15)13(9)16/h4-7H,3H2,1-2H3. The third kappa shape index (κ3) is 3.08. The summed E-state index contributed by atoms with van der Waals surface area (Å²) in [5, 5.41) is 4.58. The molecule has 0 radical (unpaired) electrons. The molecular weight excluding hydrogens is 299 g/mol. The lowest BCUT2D eigenvalue weighted by Gasteiger charge is -2.02. The molecular formula is C14H12Cl2N2O2. The number of halogens is 2. The lowest BCUT2D eigenvalue weighted by molar-refractivity contribution is -0.111. The van der Waals surface area contributed by atoms with E-state index in [1.54, 1.807) is 24.3 Å². The van der Waals surface area contributed by atoms with Gasteiger partial charge in [-0.25, -0.2) is 0 Å². The zero-order valence-electron chi connectivity index (χ0n) is 11.0. The van der Waals surface area contributed by atoms with Gasteiger partial charge in [0.1, 0.15) is 0 Å². The smallest absolute Gasteiger partial charge is 0.261 e. The Hall–Kier alpha value is -1.65. The summed E-state index contributed by atoms with van der Waals surface area (Å²) in [6.07, 6.45) is 2.23. The number of carbonyl (C=O) groups excluding carboxylic acids is 1. The molecule has 0 bridgehead atoms. The van der Waals surface area contributed by atoms with Crippen LogP contribution in [-0.2, 0) is 11.2 Å². The minimum absolute atomic E-state index is 0.186. The summed E-state index contributed by atoms with van der Waals surface area (Å²) < 4.78 is 5.10. The Morgan fingerprint density at radius 2 is 2.15 bits per heavy atom. The fourth-order valence-electron chi connectivity index (χ4n) is 1.61. The van der Waals surface area contributed by atoms with Crippen molar-refractivity contribution in [3.05, 3.63) is 45.5 Å². The molecule has 20 heavy (non-hydrogen) atoms. The van der Waals surface area contributed by atoms with Crippen LogP contribution in [0.1, 0.15) is 31.1 Å². The van der Waals surface area contributed by atoms with E-state index in [-0.39, 0.29) is 11.7 Å². The van der Waals surface area contributed by atoms with E-state index >= 15 is 0 Å². The summed E-state index contributed by atoms with van der Waals surface area (Å²) in [5.41, 5.74) is 0.932. The summed E-state index contributed by atoms with van der Waals surface area (Å²) in [4.78, 5) is 15.9. The quantitative estimate of drug-likeness (QED) is 0.799. The number of ketones is 1. The molecule has 2 aromatic rings. The Balaban J connectivity index is 2.50. The summed E-state index contributed by atoms with van der Waals surface area (Å²) in [6.45, 7) is 3.33. The molecule has 0 saturated heterocycles. The first-order chi connectivity index (χ1) is 9.52. The molecule has 1 aromatic carbocycles. The Morgan fingerprint density at radius 1 is 1.40 bits per heavy atom. The number of allylic oxidation sites excluding steroid dienone is 1. The minimum atomic E-state index is -0.188. The highest BCUT2D eigenvalue weighted by Crippen LogP contribution is 2.29. The number of aryl methyl sites for hydroxylation is 1. The molecule has 0 saturated carbocycles. The first-order valence-electron chi connectivity index (χ1n) is 6.02. The molecule has 0 unspecified atom stereocenters. The van der Waals surface area contributed by atoms with Crippen LogP contribution >= 0.6 is 23.2 Å². The Kier molecular flexibility index (Phi) is 4.57. The van der Waals surface area contributed by atoms with Crippen molar-refractivity contribution in [1.29, 1.82) is 0 Å². The Morgan fingerprint density at radius 3 is 2.75 bits per heavy atom. The van der Waals surface area contributed by atoms with E-state index in [1.807, 2.05) is 6.92 Å². The Labute approximate surface area is 126 Å². The van der Waals surface area contributed by atoms with Crippen LogP contribution in [0.15, 0.2) is 22.7 Å². The SMILES string of the molecule is CCc1noc(C(=Cc2cccc(Cl)c2Cl)C(C)=O)n1. The van der Waals surface area contributed by atoms with Crippen molar-refractivity contribution >= 4 is 40.6 Å². The van der Waals surface area contributed by atoms with Gasteiger partial charge in [-0.15, -0.1) is 0 Å². The van der Waals surface area contributed by atoms with Crippen LogP contribution < -0.4 is 0 Å². The molecule has 0 atom stereocenters. The number of hydrogen-bond acceptors (Lipinski definition) is 4. The third-order valence-corrected chi connectivity index (χ3v) is 3.51. The fraction of sp³-hybridized carbons (Fsp3) is 0.214. The van der Waals surface area contributed by atoms with Crippen molar-refractivity contribution in [2.24, 2.45) is 0 Å². The largest absolute Gasteiger partial charge is 0.334 e. The van der Waals surface area contributed by atoms with Gasteiger partial charge in [0.2, 0.25) is 0 Å². The molecule has 0 aliphatic rings. The van der Waals surface area contributed by atoms with Crippen molar-refractivity contribution in [3.63, 3.8) is 0 Å². The van der Waals surface area contributed by atoms with E-state index in [0.29, 0.717) is 33.4 Å². The van der Waals surface area contributed by atoms with Crippen molar-refractivity contribution < 1.29 is 9.32 Å². The number of benzene rings is 1. The molecule has 1 heterocycles. The summed E-state index contributed by atoms with van der Waals surface area (Å²) in [7, 11) is 0. The molecule has 104 valence electrons. The van der Waals surface area contributed by atoms with Crippen LogP contribution in [0, 0.1) is 0 Å². The van der Waals surface area contributed by atoms with Gasteiger partial charge in [-0.2, -0.15) is 4.98 Å². The van der Waals surface area contributed by atoms with Gasteiger partial charge in [0.15, 0.2) is 11.6 Å². The third-order valence-electron chi connectivity index (χ3n) is 2.68. The number of carbonyl (C=O) groups is 1. The monoisotopic (exact) mass is 310 g/mol. The highest BCUT2D eigenvalue weighted by molar-refractivity contribution is 6.43. The van der Waals surface area contributed by atoms with Crippen LogP contribution in [0.4, 0.5) is 0 Å². The highest BCUT2D eigenvalue weighted by Gasteiger charge is 2.16. The van der Waals surface area contributed by atoms with E-state index in [0.717, 1.165) is 0 Å². The molecule has 0 N–H and O–H groups in total. The minimum Gasteiger partial charge on any atom is -0.334 e. The topological polar surface area (TPSA) is 56.0 Å². The maximum Gasteiger partial charge on any atom is 0.261 e. The average molecular weight is 311 g/mol. The van der Waals surface area contributed by atoms with Gasteiger partial charge < -0.3 is 4.52 Å². The lowest BCUT2D eigenvalue weighted by Crippen LogP contribution is -1.97. The van der Waals surface area contributed by atoms with E-state index < -0.39 is 0 Å². The second-order valence-corrected chi connectivity index (χ2v) is 4.91. The fourth-order valence-corrected chi connectivity index (χ4v) is 1.97. The Bertz CT molecular complexity index is 678. The van der Waals surface area contributed by atoms with Gasteiger partial charge in [-0.3, -0.25) is 4.79 Å². The number of hydrogen-bond donors (Lipinski definition) is 0. The molecule has 0 amide bonds. The van der Waals surface area contributed by atoms with E-state index in [1.165, 1.54) is 6.92 Å². The van der Waals surface area contributed by atoms with Crippen LogP contribution in [0.5, 0.6) is 0 Å². The van der Waals surface area contributed by atoms with Crippen molar-refractivity contribution in [2.45, 2.75) is 20.3 Å². The zero-order valence-corrected chi connectivity index (χ0v) is 12.5. The maximum absolute atomic E-state index is 11.8. The summed E-state index contributed by atoms with van der Waals surface area (Å²) in [6, 6.07) is 5.19. The van der Waals surface area contributed by atoms with Crippen LogP contribution in [0.2, 0.25) is 10.0 Å². The molecule has 0 spiro atoms. The summed E-state index contributed by atoms with van der Waals surface area (Å²) >= 11 is 12.1. The molecule has 4 nitrogen and oxygen atoms in total. The number of rotatable bonds is 4. The first kappa shape index (κ1) is 14.8. The predicted molar refractivity (Wildman–Crippen MR) is 78.7 cm³/mol. The predicted octanol–water partition coefficient (Wildman–Crippen LogP) is 4.07. The van der Waals surface area contributed by atoms with Crippen molar-refractivity contribution in [1.82, 2.24) is 10.1 Å². The first-order valence-corrected chi connectivity index (χ1v) is 6.78. The van der Waals surface area contributed by atoms with Crippen LogP contribution in [0.3, 0.4) is 0 Å². The molecule has 2 rings (SSSR count). The van der Waals surface area contributed by atoms with E-state index in [9.17, 15) is 4.79 Å². The average Bonchev–Trinajstić information content (AvgIpc) is 2.88. The van der Waals surface area contributed by atoms with Gasteiger partial charge >= 0.3 is 0 Å². The molecule has 6 heteroatoms. The van der Waals surface area contributed by atoms with Crippen LogP contribution in [0.25, 0.3) is 11.6 Å². The van der Waals surface area contributed by atoms with Gasteiger partial charge in [-0.1, -0.05) is 47.4 Å². The molecule has 1 aromatic heterocycles. The maximum atomic E-state index is 11.8. The molecule has 0 aliphatic carbocycles. The van der Waals surface area contributed by atoms with E-state index in [4.69, 9.17) is 27.7 Å². The summed E-state index contributed by atoms with van der Waals surface area (Å²) in [5.74, 6) is 0.544. The van der Waals surface area contributed by atoms with Gasteiger partial charge in [0, 0.05) is 6.42 Å².